The van der Waals surface area contributed by atoms with E-state index in [1.165, 1.54) is 0 Å². The lowest BCUT2D eigenvalue weighted by Crippen LogP contribution is -2.30. The van der Waals surface area contributed by atoms with E-state index < -0.39 is 0 Å². The summed E-state index contributed by atoms with van der Waals surface area (Å²) >= 11 is 3.36. The van der Waals surface area contributed by atoms with E-state index in [2.05, 4.69) is 21.2 Å². The molecule has 4 nitrogen and oxygen atoms in total. The number of benzene rings is 2. The molecule has 2 aromatic rings. The minimum atomic E-state index is -0.145. The molecule has 21 heavy (non-hydrogen) atoms. The van der Waals surface area contributed by atoms with Crippen molar-refractivity contribution in [2.45, 2.75) is 6.54 Å². The van der Waals surface area contributed by atoms with E-state index in [1.807, 2.05) is 48.5 Å². The van der Waals surface area contributed by atoms with Crippen molar-refractivity contribution < 1.29 is 9.53 Å². The number of carbonyl (C=O) groups is 1. The van der Waals surface area contributed by atoms with E-state index in [-0.39, 0.29) is 6.03 Å². The number of anilines is 1. The summed E-state index contributed by atoms with van der Waals surface area (Å²) in [6, 6.07) is 15.0. The molecule has 2 amide bonds. The average Bonchev–Trinajstić information content (AvgIpc) is 2.50. The van der Waals surface area contributed by atoms with Gasteiger partial charge in [0.05, 0.1) is 7.11 Å². The first-order valence-electron chi connectivity index (χ1n) is 6.49. The van der Waals surface area contributed by atoms with Crippen LogP contribution in [0.15, 0.2) is 53.0 Å². The van der Waals surface area contributed by atoms with Crippen molar-refractivity contribution in [3.63, 3.8) is 0 Å². The third-order valence-corrected chi connectivity index (χ3v) is 3.55. The predicted octanol–water partition coefficient (Wildman–Crippen LogP) is 4.12. The fourth-order valence-electron chi connectivity index (χ4n) is 1.83. The van der Waals surface area contributed by atoms with Gasteiger partial charge in [-0.15, -0.1) is 0 Å². The minimum Gasteiger partial charge on any atom is -0.497 e. The number of ether oxygens (including phenoxy) is 1. The van der Waals surface area contributed by atoms with Gasteiger partial charge < -0.3 is 15.0 Å². The van der Waals surface area contributed by atoms with Crippen LogP contribution in [0, 0.1) is 0 Å². The molecule has 0 aromatic heterocycles. The Labute approximate surface area is 132 Å². The smallest absolute Gasteiger partial charge is 0.321 e. The van der Waals surface area contributed by atoms with Crippen molar-refractivity contribution in [3.8, 4) is 5.75 Å². The maximum atomic E-state index is 12.1. The van der Waals surface area contributed by atoms with Crippen LogP contribution in [0.4, 0.5) is 10.5 Å². The summed E-state index contributed by atoms with van der Waals surface area (Å²) in [7, 11) is 3.39. The van der Waals surface area contributed by atoms with Crippen LogP contribution in [0.25, 0.3) is 0 Å². The summed E-state index contributed by atoms with van der Waals surface area (Å²) in [6.45, 7) is 0.534. The number of rotatable bonds is 4. The Morgan fingerprint density at radius 1 is 1.14 bits per heavy atom. The molecular formula is C16H17BrN2O2. The molecule has 0 heterocycles. The normalized spacial score (nSPS) is 10.0. The molecule has 0 radical (unpaired) electrons. The maximum Gasteiger partial charge on any atom is 0.321 e. The molecule has 2 rings (SSSR count). The van der Waals surface area contributed by atoms with Gasteiger partial charge in [0.25, 0.3) is 0 Å². The quantitative estimate of drug-likeness (QED) is 0.902. The molecule has 0 saturated carbocycles. The Hall–Kier alpha value is -2.01. The summed E-state index contributed by atoms with van der Waals surface area (Å²) < 4.78 is 6.09. The molecule has 0 bridgehead atoms. The molecular weight excluding hydrogens is 332 g/mol. The van der Waals surface area contributed by atoms with E-state index >= 15 is 0 Å². The molecule has 0 spiro atoms. The highest BCUT2D eigenvalue weighted by Gasteiger charge is 2.09. The number of methoxy groups -OCH3 is 1. The van der Waals surface area contributed by atoms with E-state index in [0.717, 1.165) is 21.5 Å². The van der Waals surface area contributed by atoms with Crippen LogP contribution in [-0.2, 0) is 6.54 Å². The molecule has 5 heteroatoms. The zero-order valence-corrected chi connectivity index (χ0v) is 13.6. The lowest BCUT2D eigenvalue weighted by Gasteiger charge is -2.18. The summed E-state index contributed by atoms with van der Waals surface area (Å²) in [5, 5.41) is 2.85. The van der Waals surface area contributed by atoms with Gasteiger partial charge >= 0.3 is 6.03 Å². The highest BCUT2D eigenvalue weighted by atomic mass is 79.9. The molecule has 0 fully saturated rings. The van der Waals surface area contributed by atoms with E-state index in [0.29, 0.717) is 6.54 Å². The average molecular weight is 349 g/mol. The first kappa shape index (κ1) is 15.4. The second kappa shape index (κ2) is 7.13. The molecule has 0 aliphatic heterocycles. The fourth-order valence-corrected chi connectivity index (χ4v) is 2.09. The van der Waals surface area contributed by atoms with Crippen LogP contribution in [0.3, 0.4) is 0 Å². The maximum absolute atomic E-state index is 12.1. The Morgan fingerprint density at radius 2 is 1.76 bits per heavy atom. The number of carbonyl (C=O) groups excluding carboxylic acids is 1. The number of amides is 2. The number of hydrogen-bond acceptors (Lipinski definition) is 2. The first-order valence-corrected chi connectivity index (χ1v) is 7.28. The van der Waals surface area contributed by atoms with Crippen molar-refractivity contribution in [1.82, 2.24) is 4.90 Å². The van der Waals surface area contributed by atoms with Gasteiger partial charge in [-0.1, -0.05) is 28.1 Å². The van der Waals surface area contributed by atoms with Crippen molar-refractivity contribution in [2.24, 2.45) is 0 Å². The van der Waals surface area contributed by atoms with Gasteiger partial charge in [0.1, 0.15) is 5.75 Å². The largest absolute Gasteiger partial charge is 0.497 e. The Bertz CT molecular complexity index is 597. The Morgan fingerprint density at radius 3 is 2.33 bits per heavy atom. The molecule has 0 aliphatic carbocycles. The van der Waals surface area contributed by atoms with Crippen LogP contribution < -0.4 is 10.1 Å². The third-order valence-electron chi connectivity index (χ3n) is 3.02. The lowest BCUT2D eigenvalue weighted by molar-refractivity contribution is 0.220. The number of urea groups is 1. The molecule has 2 aromatic carbocycles. The van der Waals surface area contributed by atoms with E-state index in [9.17, 15) is 4.79 Å². The molecule has 0 saturated heterocycles. The summed E-state index contributed by atoms with van der Waals surface area (Å²) in [5.74, 6) is 0.806. The molecule has 0 unspecified atom stereocenters. The second-order valence-corrected chi connectivity index (χ2v) is 5.56. The molecule has 0 atom stereocenters. The van der Waals surface area contributed by atoms with Crippen molar-refractivity contribution in [3.05, 3.63) is 58.6 Å². The highest BCUT2D eigenvalue weighted by molar-refractivity contribution is 9.10. The first-order chi connectivity index (χ1) is 10.1. The molecule has 110 valence electrons. The van der Waals surface area contributed by atoms with Crippen molar-refractivity contribution >= 4 is 27.6 Å². The van der Waals surface area contributed by atoms with Gasteiger partial charge in [-0.05, 0) is 42.0 Å². The number of hydrogen-bond donors (Lipinski definition) is 1. The van der Waals surface area contributed by atoms with Crippen LogP contribution in [0.5, 0.6) is 5.75 Å². The van der Waals surface area contributed by atoms with Gasteiger partial charge in [0, 0.05) is 23.8 Å². The zero-order chi connectivity index (χ0) is 15.2. The molecule has 1 N–H and O–H groups in total. The van der Waals surface area contributed by atoms with Crippen molar-refractivity contribution in [2.75, 3.05) is 19.5 Å². The van der Waals surface area contributed by atoms with Crippen LogP contribution >= 0.6 is 15.9 Å². The van der Waals surface area contributed by atoms with Crippen LogP contribution in [0.1, 0.15) is 5.56 Å². The standard InChI is InChI=1S/C16H17BrN2O2/c1-19(11-12-3-9-15(21-2)10-4-12)16(20)18-14-7-5-13(17)6-8-14/h3-10H,11H2,1-2H3,(H,18,20). The second-order valence-electron chi connectivity index (χ2n) is 4.64. The van der Waals surface area contributed by atoms with Gasteiger partial charge in [0.15, 0.2) is 0 Å². The van der Waals surface area contributed by atoms with Gasteiger partial charge in [-0.2, -0.15) is 0 Å². The monoisotopic (exact) mass is 348 g/mol. The predicted molar refractivity (Wildman–Crippen MR) is 87.6 cm³/mol. The molecule has 0 aliphatic rings. The highest BCUT2D eigenvalue weighted by Crippen LogP contribution is 2.16. The van der Waals surface area contributed by atoms with Gasteiger partial charge in [-0.3, -0.25) is 0 Å². The van der Waals surface area contributed by atoms with E-state index in [1.54, 1.807) is 19.1 Å². The summed E-state index contributed by atoms with van der Waals surface area (Å²) in [5.41, 5.74) is 1.81. The SMILES string of the molecule is COc1ccc(CN(C)C(=O)Nc2ccc(Br)cc2)cc1. The lowest BCUT2D eigenvalue weighted by atomic mass is 10.2. The number of nitrogens with one attached hydrogen (secondary N) is 1. The Kier molecular flexibility index (Phi) is 5.22. The fraction of sp³-hybridized carbons (Fsp3) is 0.188. The van der Waals surface area contributed by atoms with Crippen LogP contribution in [-0.4, -0.2) is 25.1 Å². The van der Waals surface area contributed by atoms with Crippen molar-refractivity contribution in [1.29, 1.82) is 0 Å². The topological polar surface area (TPSA) is 41.6 Å². The number of halogens is 1. The minimum absolute atomic E-state index is 0.145. The number of nitrogens with zero attached hydrogens (tertiary/aromatic N) is 1. The van der Waals surface area contributed by atoms with Gasteiger partial charge in [-0.25, -0.2) is 4.79 Å². The summed E-state index contributed by atoms with van der Waals surface area (Å²) in [6.07, 6.45) is 0. The Balaban J connectivity index is 1.93. The third kappa shape index (κ3) is 4.49. The van der Waals surface area contributed by atoms with Crippen LogP contribution in [0.2, 0.25) is 0 Å². The van der Waals surface area contributed by atoms with E-state index in [4.69, 9.17) is 4.74 Å². The summed E-state index contributed by atoms with van der Waals surface area (Å²) in [4.78, 5) is 13.7. The zero-order valence-electron chi connectivity index (χ0n) is 12.0. The van der Waals surface area contributed by atoms with Gasteiger partial charge in [0.2, 0.25) is 0 Å².